The normalized spacial score (nSPS) is 28.5. The Bertz CT molecular complexity index is 1590. The van der Waals surface area contributed by atoms with Gasteiger partial charge in [0.25, 0.3) is 0 Å². The molecule has 2 saturated heterocycles. The number of nitrogens with zero attached hydrogens (tertiary/aromatic N) is 3. The second-order valence-corrected chi connectivity index (χ2v) is 13.6. The summed E-state index contributed by atoms with van der Waals surface area (Å²) in [5, 5.41) is 1.22. The molecule has 2 aliphatic carbocycles. The highest BCUT2D eigenvalue weighted by Crippen LogP contribution is 2.66. The molecule has 1 aromatic heterocycles. The molecule has 4 atom stereocenters. The van der Waals surface area contributed by atoms with Crippen molar-refractivity contribution in [2.45, 2.75) is 81.8 Å². The van der Waals surface area contributed by atoms with Crippen LogP contribution in [0, 0.1) is 5.41 Å². The summed E-state index contributed by atoms with van der Waals surface area (Å²) in [7, 11) is 5.35. The smallest absolute Gasteiger partial charge is 0.337 e. The summed E-state index contributed by atoms with van der Waals surface area (Å²) < 4.78 is 13.3. The van der Waals surface area contributed by atoms with E-state index in [1.54, 1.807) is 7.11 Å². The molecule has 4 heterocycles. The Labute approximate surface area is 247 Å². The van der Waals surface area contributed by atoms with Gasteiger partial charge in [-0.15, -0.1) is 0 Å². The fourth-order valence-electron chi connectivity index (χ4n) is 9.23. The maximum absolute atomic E-state index is 14.9. The summed E-state index contributed by atoms with van der Waals surface area (Å²) >= 11 is 0. The molecule has 2 bridgehead atoms. The van der Waals surface area contributed by atoms with Crippen LogP contribution in [0.4, 0.5) is 0 Å². The summed E-state index contributed by atoms with van der Waals surface area (Å²) in [6.07, 6.45) is 9.16. The van der Waals surface area contributed by atoms with Crippen LogP contribution in [0.15, 0.2) is 36.4 Å². The van der Waals surface area contributed by atoms with Crippen molar-refractivity contribution >= 4 is 22.8 Å². The van der Waals surface area contributed by atoms with Crippen molar-refractivity contribution in [1.29, 1.82) is 0 Å². The van der Waals surface area contributed by atoms with Crippen LogP contribution in [0.2, 0.25) is 0 Å². The first-order chi connectivity index (χ1) is 20.4. The number of likely N-dealkylation sites (N-methyl/N-ethyl adjacent to an activating group) is 1. The average Bonchev–Trinajstić information content (AvgIpc) is 3.60. The third kappa shape index (κ3) is 3.74. The van der Waals surface area contributed by atoms with Crippen LogP contribution in [0.3, 0.4) is 0 Å². The number of likely N-dealkylation sites (tertiary alicyclic amines) is 1. The van der Waals surface area contributed by atoms with Crippen molar-refractivity contribution in [3.63, 3.8) is 0 Å². The second-order valence-electron chi connectivity index (χ2n) is 13.6. The summed E-state index contributed by atoms with van der Waals surface area (Å²) in [6.45, 7) is 2.56. The van der Waals surface area contributed by atoms with Crippen molar-refractivity contribution in [1.82, 2.24) is 14.4 Å². The topological polar surface area (TPSA) is 64.0 Å². The van der Waals surface area contributed by atoms with Crippen molar-refractivity contribution in [2.75, 3.05) is 34.4 Å². The molecule has 4 fully saturated rings. The number of benzene rings is 2. The molecular formula is C35H41N3O4. The Morgan fingerprint density at radius 2 is 1.69 bits per heavy atom. The second kappa shape index (κ2) is 9.60. The summed E-state index contributed by atoms with van der Waals surface area (Å²) in [5.41, 5.74) is 6.25. The number of fused-ring (bicyclic) bond motifs is 9. The van der Waals surface area contributed by atoms with E-state index in [2.05, 4.69) is 45.7 Å². The summed E-state index contributed by atoms with van der Waals surface area (Å²) in [4.78, 5) is 32.3. The highest BCUT2D eigenvalue weighted by Gasteiger charge is 2.65. The average molecular weight is 568 g/mol. The Balaban J connectivity index is 1.35. The van der Waals surface area contributed by atoms with Crippen LogP contribution in [0.5, 0.6) is 5.75 Å². The van der Waals surface area contributed by atoms with E-state index in [0.717, 1.165) is 43.6 Å². The van der Waals surface area contributed by atoms with Crippen LogP contribution in [0.25, 0.3) is 22.2 Å². The van der Waals surface area contributed by atoms with Gasteiger partial charge >= 0.3 is 5.97 Å². The number of methoxy groups -OCH3 is 2. The molecular weight excluding hydrogens is 526 g/mol. The van der Waals surface area contributed by atoms with Gasteiger partial charge in [-0.1, -0.05) is 25.3 Å². The number of ether oxygens (including phenoxy) is 2. The van der Waals surface area contributed by atoms with Gasteiger partial charge in [0.05, 0.1) is 30.9 Å². The van der Waals surface area contributed by atoms with Crippen molar-refractivity contribution < 1.29 is 19.1 Å². The minimum absolute atomic E-state index is 0.159. The third-order valence-electron chi connectivity index (χ3n) is 11.3. The lowest BCUT2D eigenvalue weighted by molar-refractivity contribution is -0.143. The molecule has 220 valence electrons. The number of aromatic nitrogens is 1. The van der Waals surface area contributed by atoms with Crippen molar-refractivity contribution in [3.05, 3.63) is 53.1 Å². The molecule has 1 amide bonds. The van der Waals surface area contributed by atoms with E-state index >= 15 is 0 Å². The van der Waals surface area contributed by atoms with Gasteiger partial charge in [-0.25, -0.2) is 4.79 Å². The Morgan fingerprint density at radius 1 is 0.929 bits per heavy atom. The predicted molar refractivity (Wildman–Crippen MR) is 162 cm³/mol. The van der Waals surface area contributed by atoms with Gasteiger partial charge in [0.2, 0.25) is 5.91 Å². The number of piperazine rings is 1. The van der Waals surface area contributed by atoms with E-state index in [4.69, 9.17) is 9.47 Å². The Kier molecular flexibility index (Phi) is 6.01. The van der Waals surface area contributed by atoms with Gasteiger partial charge in [-0.05, 0) is 86.5 Å². The number of hydrogen-bond acceptors (Lipinski definition) is 5. The zero-order chi connectivity index (χ0) is 28.7. The molecule has 2 aromatic carbocycles. The Morgan fingerprint density at radius 3 is 2.40 bits per heavy atom. The van der Waals surface area contributed by atoms with E-state index in [0.29, 0.717) is 36.0 Å². The van der Waals surface area contributed by atoms with Crippen LogP contribution >= 0.6 is 0 Å². The fraction of sp³-hybridized carbons (Fsp3) is 0.543. The first-order valence-electron chi connectivity index (χ1n) is 15.9. The zero-order valence-corrected chi connectivity index (χ0v) is 25.0. The Hall–Kier alpha value is -3.32. The van der Waals surface area contributed by atoms with E-state index in [1.165, 1.54) is 67.0 Å². The van der Waals surface area contributed by atoms with E-state index in [9.17, 15) is 9.59 Å². The number of carbonyl (C=O) groups is 2. The number of esters is 1. The van der Waals surface area contributed by atoms with Crippen molar-refractivity contribution in [3.8, 4) is 17.0 Å². The van der Waals surface area contributed by atoms with Crippen molar-refractivity contribution in [2.24, 2.45) is 5.41 Å². The summed E-state index contributed by atoms with van der Waals surface area (Å²) in [5.74, 6) is 1.48. The highest BCUT2D eigenvalue weighted by atomic mass is 16.5. The third-order valence-corrected chi connectivity index (χ3v) is 11.3. The van der Waals surface area contributed by atoms with Gasteiger partial charge in [0.15, 0.2) is 0 Å². The molecule has 3 aliphatic heterocycles. The van der Waals surface area contributed by atoms with Crippen LogP contribution < -0.4 is 4.74 Å². The molecule has 2 unspecified atom stereocenters. The minimum Gasteiger partial charge on any atom is -0.497 e. The van der Waals surface area contributed by atoms with Gasteiger partial charge in [0, 0.05) is 54.1 Å². The number of rotatable bonds is 4. The molecule has 5 aliphatic rings. The fourth-order valence-corrected chi connectivity index (χ4v) is 9.23. The van der Waals surface area contributed by atoms with Crippen LogP contribution in [0.1, 0.15) is 84.7 Å². The lowest BCUT2D eigenvalue weighted by Gasteiger charge is -2.41. The molecule has 2 saturated carbocycles. The van der Waals surface area contributed by atoms with Gasteiger partial charge in [0.1, 0.15) is 5.75 Å². The van der Waals surface area contributed by atoms with E-state index in [-0.39, 0.29) is 11.9 Å². The predicted octanol–water partition coefficient (Wildman–Crippen LogP) is 5.94. The van der Waals surface area contributed by atoms with Crippen LogP contribution in [-0.2, 0) is 16.1 Å². The lowest BCUT2D eigenvalue weighted by atomic mass is 9.81. The summed E-state index contributed by atoms with van der Waals surface area (Å²) in [6, 6.07) is 13.2. The maximum Gasteiger partial charge on any atom is 0.337 e. The standard InChI is InChI=1S/C35H41N3O4/c1-36-18-23-10-11-24(19-36)38(23)34(40)35-17-29(35)28-16-25(41-2)12-14-26(28)32-31(21-7-5-4-6-8-21)27-13-9-22(33(39)42-3)15-30(27)37(32)20-35/h9,12-16,21,23-24,29H,4-8,10-11,17-20H2,1-3H3/t23?,24?,29-,35-/m0/s1. The minimum atomic E-state index is -0.486. The molecule has 0 N–H and O–H groups in total. The molecule has 3 aromatic rings. The first-order valence-corrected chi connectivity index (χ1v) is 15.9. The molecule has 0 spiro atoms. The zero-order valence-electron chi connectivity index (χ0n) is 25.0. The van der Waals surface area contributed by atoms with Gasteiger partial charge in [-0.2, -0.15) is 0 Å². The van der Waals surface area contributed by atoms with E-state index < -0.39 is 5.41 Å². The number of amides is 1. The number of carbonyl (C=O) groups excluding carboxylic acids is 2. The molecule has 7 nitrogen and oxygen atoms in total. The quantitative estimate of drug-likeness (QED) is 0.365. The molecule has 0 radical (unpaired) electrons. The van der Waals surface area contributed by atoms with Gasteiger partial charge < -0.3 is 23.8 Å². The lowest BCUT2D eigenvalue weighted by Crippen LogP contribution is -2.57. The highest BCUT2D eigenvalue weighted by molar-refractivity contribution is 6.00. The van der Waals surface area contributed by atoms with E-state index in [1.807, 2.05) is 12.1 Å². The molecule has 8 rings (SSSR count). The molecule has 7 heteroatoms. The maximum atomic E-state index is 14.9. The number of hydrogen-bond donors (Lipinski definition) is 0. The van der Waals surface area contributed by atoms with Crippen LogP contribution in [-0.4, -0.2) is 72.7 Å². The van der Waals surface area contributed by atoms with Gasteiger partial charge in [-0.3, -0.25) is 4.79 Å². The monoisotopic (exact) mass is 567 g/mol. The largest absolute Gasteiger partial charge is 0.497 e. The molecule has 42 heavy (non-hydrogen) atoms. The first kappa shape index (κ1) is 26.3. The SMILES string of the molecule is COC(=O)c1ccc2c(C3CCCCC3)c3n(c2c1)C[C@@]1(C(=O)N2C4CCC2CN(C)C4)C[C@H]1c1cc(OC)ccc1-3.